The molecule has 0 saturated heterocycles. The number of nitrogens with one attached hydrogen (secondary N) is 1. The second kappa shape index (κ2) is 4.58. The third-order valence-electron chi connectivity index (χ3n) is 3.94. The van der Waals surface area contributed by atoms with Crippen molar-refractivity contribution in [3.8, 4) is 0 Å². The molecule has 0 bridgehead atoms. The largest absolute Gasteiger partial charge is 0.324 e. The van der Waals surface area contributed by atoms with Gasteiger partial charge in [-0.1, -0.05) is 0 Å². The van der Waals surface area contributed by atoms with Gasteiger partial charge in [-0.15, -0.1) is 23.2 Å². The lowest BCUT2D eigenvalue weighted by Crippen LogP contribution is -2.26. The van der Waals surface area contributed by atoms with Gasteiger partial charge in [-0.05, 0) is 33.3 Å². The summed E-state index contributed by atoms with van der Waals surface area (Å²) in [5.74, 6) is -0.190. The number of carbonyl (C=O) groups is 1. The summed E-state index contributed by atoms with van der Waals surface area (Å²) < 4.78 is 0.864. The molecule has 1 N–H and O–H groups in total. The maximum absolute atomic E-state index is 12.2. The lowest BCUT2D eigenvalue weighted by atomic mass is 10.1. The summed E-state index contributed by atoms with van der Waals surface area (Å²) in [6.45, 7) is 5.83. The maximum Gasteiger partial charge on any atom is 0.233 e. The van der Waals surface area contributed by atoms with E-state index in [-0.39, 0.29) is 11.9 Å². The average Bonchev–Trinajstić information content (AvgIpc) is 2.76. The predicted molar refractivity (Wildman–Crippen MR) is 83.7 cm³/mol. The molecular formula is C14H16Cl2N4O. The summed E-state index contributed by atoms with van der Waals surface area (Å²) in [6, 6.07) is 2.08. The average molecular weight is 327 g/mol. The first kappa shape index (κ1) is 14.6. The molecule has 5 nitrogen and oxygen atoms in total. The van der Waals surface area contributed by atoms with Crippen LogP contribution < -0.4 is 5.32 Å². The molecule has 1 saturated carbocycles. The summed E-state index contributed by atoms with van der Waals surface area (Å²) in [5, 5.41) is 8.00. The Morgan fingerprint density at radius 1 is 1.43 bits per heavy atom. The van der Waals surface area contributed by atoms with E-state index in [0.717, 1.165) is 11.0 Å². The molecule has 2 aromatic heterocycles. The molecule has 1 aliphatic rings. The number of pyridine rings is 1. The normalized spacial score (nSPS) is 23.5. The van der Waals surface area contributed by atoms with Gasteiger partial charge in [-0.25, -0.2) is 9.67 Å². The molecule has 0 spiro atoms. The first-order chi connectivity index (χ1) is 9.74. The van der Waals surface area contributed by atoms with E-state index in [9.17, 15) is 4.79 Å². The lowest BCUT2D eigenvalue weighted by molar-refractivity contribution is -0.120. The van der Waals surface area contributed by atoms with E-state index in [2.05, 4.69) is 15.4 Å². The number of aromatic nitrogens is 3. The second-order valence-corrected chi connectivity index (χ2v) is 7.47. The van der Waals surface area contributed by atoms with Gasteiger partial charge in [0, 0.05) is 11.4 Å². The zero-order chi connectivity index (χ0) is 15.4. The third kappa shape index (κ3) is 2.28. The number of alkyl halides is 2. The highest BCUT2D eigenvalue weighted by atomic mass is 35.5. The number of nitrogens with zero attached hydrogens (tertiary/aromatic N) is 3. The van der Waals surface area contributed by atoms with Crippen LogP contribution in [0.4, 0.5) is 5.69 Å². The van der Waals surface area contributed by atoms with E-state index in [0.29, 0.717) is 12.1 Å². The third-order valence-corrected chi connectivity index (χ3v) is 5.04. The topological polar surface area (TPSA) is 59.8 Å². The Bertz CT molecular complexity index is 725. The number of fused-ring (bicyclic) bond motifs is 1. The van der Waals surface area contributed by atoms with Crippen LogP contribution in [0.2, 0.25) is 0 Å². The number of hydrogen-bond acceptors (Lipinski definition) is 3. The van der Waals surface area contributed by atoms with Crippen LogP contribution in [0.5, 0.6) is 0 Å². The number of carbonyl (C=O) groups excluding carboxylic acids is 1. The molecule has 0 aliphatic heterocycles. The van der Waals surface area contributed by atoms with Crippen molar-refractivity contribution in [3.05, 3.63) is 18.5 Å². The molecule has 0 radical (unpaired) electrons. The molecule has 1 fully saturated rings. The fraction of sp³-hybridized carbons (Fsp3) is 0.500. The summed E-state index contributed by atoms with van der Waals surface area (Å²) in [5.41, 5.74) is 0.672. The van der Waals surface area contributed by atoms with E-state index < -0.39 is 9.75 Å². The molecule has 2 heterocycles. The van der Waals surface area contributed by atoms with Crippen LogP contribution in [0.25, 0.3) is 11.0 Å². The van der Waals surface area contributed by atoms with Crippen molar-refractivity contribution in [2.24, 2.45) is 5.41 Å². The molecule has 112 valence electrons. The van der Waals surface area contributed by atoms with E-state index >= 15 is 0 Å². The molecule has 21 heavy (non-hydrogen) atoms. The minimum Gasteiger partial charge on any atom is -0.324 e. The zero-order valence-electron chi connectivity index (χ0n) is 12.0. The first-order valence-electron chi connectivity index (χ1n) is 6.77. The Balaban J connectivity index is 1.84. The van der Waals surface area contributed by atoms with Gasteiger partial charge >= 0.3 is 0 Å². The SMILES string of the molecule is CC(C)n1ncc2cc(NC(=O)[C@@]3(C)CC3(Cl)Cl)cnc21. The Labute approximate surface area is 132 Å². The van der Waals surface area contributed by atoms with E-state index in [4.69, 9.17) is 23.2 Å². The number of halogens is 2. The van der Waals surface area contributed by atoms with Crippen molar-refractivity contribution in [2.75, 3.05) is 5.32 Å². The molecule has 1 aliphatic carbocycles. The molecule has 3 rings (SSSR count). The van der Waals surface area contributed by atoms with Crippen molar-refractivity contribution in [2.45, 2.75) is 37.6 Å². The smallest absolute Gasteiger partial charge is 0.233 e. The highest BCUT2D eigenvalue weighted by molar-refractivity contribution is 6.53. The van der Waals surface area contributed by atoms with Gasteiger partial charge in [0.05, 0.1) is 23.5 Å². The summed E-state index contributed by atoms with van der Waals surface area (Å²) >= 11 is 12.0. The minimum absolute atomic E-state index is 0.190. The van der Waals surface area contributed by atoms with Gasteiger partial charge < -0.3 is 5.32 Å². The Hall–Kier alpha value is -1.33. The summed E-state index contributed by atoms with van der Waals surface area (Å²) in [7, 11) is 0. The fourth-order valence-electron chi connectivity index (χ4n) is 2.30. The van der Waals surface area contributed by atoms with Crippen LogP contribution in [0, 0.1) is 5.41 Å². The molecule has 1 amide bonds. The van der Waals surface area contributed by atoms with Crippen molar-refractivity contribution in [1.29, 1.82) is 0 Å². The number of rotatable bonds is 3. The quantitative estimate of drug-likeness (QED) is 0.877. The van der Waals surface area contributed by atoms with Crippen LogP contribution in [0.1, 0.15) is 33.2 Å². The zero-order valence-corrected chi connectivity index (χ0v) is 13.5. The van der Waals surface area contributed by atoms with Gasteiger partial charge in [0.15, 0.2) is 5.65 Å². The van der Waals surface area contributed by atoms with Crippen LogP contribution in [-0.2, 0) is 4.79 Å². The standard InChI is InChI=1S/C14H16Cl2N4O/c1-8(2)20-11-9(5-18-20)4-10(6-17-11)19-12(21)13(3)7-14(13,15)16/h4-6,8H,7H2,1-3H3,(H,19,21)/t13-/m1/s1. The molecular weight excluding hydrogens is 311 g/mol. The van der Waals surface area contributed by atoms with Gasteiger partial charge in [-0.3, -0.25) is 4.79 Å². The summed E-state index contributed by atoms with van der Waals surface area (Å²) in [4.78, 5) is 16.6. The maximum atomic E-state index is 12.2. The Morgan fingerprint density at radius 2 is 2.10 bits per heavy atom. The number of anilines is 1. The van der Waals surface area contributed by atoms with Gasteiger partial charge in [0.25, 0.3) is 0 Å². The van der Waals surface area contributed by atoms with Gasteiger partial charge in [-0.2, -0.15) is 5.10 Å². The van der Waals surface area contributed by atoms with Crippen molar-refractivity contribution < 1.29 is 4.79 Å². The fourth-order valence-corrected chi connectivity index (χ4v) is 3.01. The second-order valence-electron chi connectivity index (χ2n) is 5.99. The van der Waals surface area contributed by atoms with Crippen LogP contribution in [0.3, 0.4) is 0 Å². The van der Waals surface area contributed by atoms with E-state index in [1.165, 1.54) is 0 Å². The van der Waals surface area contributed by atoms with Gasteiger partial charge in [0.2, 0.25) is 5.91 Å². The molecule has 7 heteroatoms. The highest BCUT2D eigenvalue weighted by Gasteiger charge is 2.67. The number of hydrogen-bond donors (Lipinski definition) is 1. The minimum atomic E-state index is -0.975. The highest BCUT2D eigenvalue weighted by Crippen LogP contribution is 2.64. The van der Waals surface area contributed by atoms with E-state index in [1.54, 1.807) is 19.3 Å². The lowest BCUT2D eigenvalue weighted by Gasteiger charge is -2.12. The van der Waals surface area contributed by atoms with Crippen LogP contribution in [-0.4, -0.2) is 25.0 Å². The first-order valence-corrected chi connectivity index (χ1v) is 7.53. The van der Waals surface area contributed by atoms with Crippen LogP contribution in [0.15, 0.2) is 18.5 Å². The van der Waals surface area contributed by atoms with Gasteiger partial charge in [0.1, 0.15) is 4.33 Å². The van der Waals surface area contributed by atoms with E-state index in [1.807, 2.05) is 24.6 Å². The Kier molecular flexibility index (Phi) is 3.19. The number of amides is 1. The molecule has 1 atom stereocenters. The monoisotopic (exact) mass is 326 g/mol. The molecule has 2 aromatic rings. The van der Waals surface area contributed by atoms with Crippen molar-refractivity contribution in [3.63, 3.8) is 0 Å². The predicted octanol–water partition coefficient (Wildman–Crippen LogP) is 3.53. The van der Waals surface area contributed by atoms with Crippen molar-refractivity contribution >= 4 is 45.8 Å². The van der Waals surface area contributed by atoms with Crippen molar-refractivity contribution in [1.82, 2.24) is 14.8 Å². The summed E-state index contributed by atoms with van der Waals surface area (Å²) in [6.07, 6.45) is 3.82. The molecule has 0 aromatic carbocycles. The van der Waals surface area contributed by atoms with Crippen LogP contribution >= 0.6 is 23.2 Å². The molecule has 0 unspecified atom stereocenters. The Morgan fingerprint density at radius 3 is 2.67 bits per heavy atom.